The highest BCUT2D eigenvalue weighted by molar-refractivity contribution is 4.91. The second-order valence-corrected chi connectivity index (χ2v) is 3.79. The van der Waals surface area contributed by atoms with Crippen LogP contribution in [0.25, 0.3) is 0 Å². The number of rotatable bonds is 4. The minimum atomic E-state index is 0.276. The molecular formula is C10H15N5. The summed E-state index contributed by atoms with van der Waals surface area (Å²) < 4.78 is 2.11. The standard InChI is InChI=1S/C10H15N5/c1-9(2)15-12-10(11-13-15)5-8-14-6-3-4-7-14/h3-4,6-7,9H,5,8H2,1-2H3. The molecule has 2 rings (SSSR count). The highest BCUT2D eigenvalue weighted by Gasteiger charge is 2.04. The molecule has 0 aliphatic heterocycles. The molecule has 0 saturated carbocycles. The first-order valence-electron chi connectivity index (χ1n) is 5.15. The third kappa shape index (κ3) is 2.43. The van der Waals surface area contributed by atoms with E-state index in [1.165, 1.54) is 0 Å². The van der Waals surface area contributed by atoms with Crippen molar-refractivity contribution in [1.29, 1.82) is 0 Å². The fourth-order valence-electron chi connectivity index (χ4n) is 1.32. The zero-order valence-electron chi connectivity index (χ0n) is 9.04. The molecule has 15 heavy (non-hydrogen) atoms. The molecule has 2 aromatic heterocycles. The zero-order valence-corrected chi connectivity index (χ0v) is 9.04. The number of hydrogen-bond donors (Lipinski definition) is 0. The van der Waals surface area contributed by atoms with Crippen molar-refractivity contribution in [2.75, 3.05) is 0 Å². The Morgan fingerprint density at radius 1 is 1.27 bits per heavy atom. The molecule has 0 atom stereocenters. The Bertz CT molecular complexity index is 401. The lowest BCUT2D eigenvalue weighted by Gasteiger charge is -2.00. The summed E-state index contributed by atoms with van der Waals surface area (Å²) in [5.41, 5.74) is 0. The molecule has 0 spiro atoms. The molecule has 0 fully saturated rings. The van der Waals surface area contributed by atoms with Gasteiger partial charge in [-0.2, -0.15) is 4.80 Å². The van der Waals surface area contributed by atoms with Gasteiger partial charge in [-0.15, -0.1) is 10.2 Å². The largest absolute Gasteiger partial charge is 0.354 e. The molecule has 5 nitrogen and oxygen atoms in total. The van der Waals surface area contributed by atoms with Gasteiger partial charge in [-0.25, -0.2) is 0 Å². The van der Waals surface area contributed by atoms with E-state index < -0.39 is 0 Å². The average molecular weight is 205 g/mol. The molecule has 0 amide bonds. The Morgan fingerprint density at radius 2 is 2.00 bits per heavy atom. The van der Waals surface area contributed by atoms with Crippen molar-refractivity contribution in [2.45, 2.75) is 32.9 Å². The number of aryl methyl sites for hydroxylation is 2. The Morgan fingerprint density at radius 3 is 2.60 bits per heavy atom. The van der Waals surface area contributed by atoms with Crippen molar-refractivity contribution in [1.82, 2.24) is 24.8 Å². The van der Waals surface area contributed by atoms with E-state index in [9.17, 15) is 0 Å². The van der Waals surface area contributed by atoms with Gasteiger partial charge >= 0.3 is 0 Å². The SMILES string of the molecule is CC(C)n1nnc(CCn2cccc2)n1. The van der Waals surface area contributed by atoms with E-state index in [1.807, 2.05) is 38.4 Å². The van der Waals surface area contributed by atoms with Gasteiger partial charge in [-0.3, -0.25) is 0 Å². The third-order valence-electron chi connectivity index (χ3n) is 2.19. The van der Waals surface area contributed by atoms with Crippen molar-refractivity contribution < 1.29 is 0 Å². The smallest absolute Gasteiger partial charge is 0.176 e. The Hall–Kier alpha value is -1.65. The van der Waals surface area contributed by atoms with Gasteiger partial charge in [0.1, 0.15) is 0 Å². The lowest BCUT2D eigenvalue weighted by Crippen LogP contribution is -2.05. The topological polar surface area (TPSA) is 48.5 Å². The highest BCUT2D eigenvalue weighted by Crippen LogP contribution is 2.00. The highest BCUT2D eigenvalue weighted by atomic mass is 15.6. The quantitative estimate of drug-likeness (QED) is 0.755. The number of aromatic nitrogens is 5. The fraction of sp³-hybridized carbons (Fsp3) is 0.500. The van der Waals surface area contributed by atoms with Crippen LogP contribution in [0.1, 0.15) is 25.7 Å². The molecule has 0 aliphatic carbocycles. The van der Waals surface area contributed by atoms with E-state index >= 15 is 0 Å². The number of nitrogens with zero attached hydrogens (tertiary/aromatic N) is 5. The van der Waals surface area contributed by atoms with Gasteiger partial charge in [0, 0.05) is 25.4 Å². The molecule has 0 radical (unpaired) electrons. The molecule has 0 aromatic carbocycles. The Kier molecular flexibility index (Phi) is 2.80. The molecule has 0 unspecified atom stereocenters. The van der Waals surface area contributed by atoms with Crippen molar-refractivity contribution in [3.8, 4) is 0 Å². The zero-order chi connectivity index (χ0) is 10.7. The van der Waals surface area contributed by atoms with E-state index in [4.69, 9.17) is 0 Å². The minimum Gasteiger partial charge on any atom is -0.354 e. The van der Waals surface area contributed by atoms with Crippen LogP contribution in [-0.4, -0.2) is 24.8 Å². The maximum absolute atomic E-state index is 4.29. The third-order valence-corrected chi connectivity index (χ3v) is 2.19. The number of hydrogen-bond acceptors (Lipinski definition) is 3. The van der Waals surface area contributed by atoms with E-state index in [1.54, 1.807) is 4.80 Å². The molecule has 0 saturated heterocycles. The van der Waals surface area contributed by atoms with Gasteiger partial charge in [0.25, 0.3) is 0 Å². The summed E-state index contributed by atoms with van der Waals surface area (Å²) in [5.74, 6) is 0.803. The molecule has 0 aliphatic rings. The summed E-state index contributed by atoms with van der Waals surface area (Å²) in [4.78, 5) is 1.64. The molecule has 2 aromatic rings. The summed E-state index contributed by atoms with van der Waals surface area (Å²) in [5, 5.41) is 12.3. The van der Waals surface area contributed by atoms with E-state index in [2.05, 4.69) is 20.0 Å². The maximum atomic E-state index is 4.29. The second-order valence-electron chi connectivity index (χ2n) is 3.79. The summed E-state index contributed by atoms with van der Waals surface area (Å²) in [7, 11) is 0. The molecule has 5 heteroatoms. The van der Waals surface area contributed by atoms with Crippen LogP contribution < -0.4 is 0 Å². The Balaban J connectivity index is 1.94. The average Bonchev–Trinajstić information content (AvgIpc) is 2.86. The van der Waals surface area contributed by atoms with Crippen LogP contribution >= 0.6 is 0 Å². The van der Waals surface area contributed by atoms with Gasteiger partial charge in [0.2, 0.25) is 0 Å². The van der Waals surface area contributed by atoms with E-state index in [0.29, 0.717) is 0 Å². The second kappa shape index (κ2) is 4.25. The predicted octanol–water partition coefficient (Wildman–Crippen LogP) is 1.30. The summed E-state index contributed by atoms with van der Waals surface area (Å²) in [6.45, 7) is 4.98. The fourth-order valence-corrected chi connectivity index (χ4v) is 1.32. The van der Waals surface area contributed by atoms with Gasteiger partial charge in [-0.05, 0) is 31.2 Å². The Labute approximate surface area is 88.7 Å². The van der Waals surface area contributed by atoms with Crippen LogP contribution in [0.3, 0.4) is 0 Å². The molecular weight excluding hydrogens is 190 g/mol. The lowest BCUT2D eigenvalue weighted by molar-refractivity contribution is 0.453. The normalized spacial score (nSPS) is 11.1. The summed E-state index contributed by atoms with van der Waals surface area (Å²) in [6, 6.07) is 4.30. The first-order valence-corrected chi connectivity index (χ1v) is 5.15. The van der Waals surface area contributed by atoms with Crippen LogP contribution in [0, 0.1) is 0 Å². The minimum absolute atomic E-state index is 0.276. The van der Waals surface area contributed by atoms with Crippen LogP contribution in [0.4, 0.5) is 0 Å². The van der Waals surface area contributed by atoms with Crippen molar-refractivity contribution in [2.24, 2.45) is 0 Å². The molecule has 0 N–H and O–H groups in total. The van der Waals surface area contributed by atoms with Gasteiger partial charge < -0.3 is 4.57 Å². The number of tetrazole rings is 1. The van der Waals surface area contributed by atoms with E-state index in [0.717, 1.165) is 18.8 Å². The van der Waals surface area contributed by atoms with Crippen molar-refractivity contribution in [3.63, 3.8) is 0 Å². The van der Waals surface area contributed by atoms with E-state index in [-0.39, 0.29) is 6.04 Å². The van der Waals surface area contributed by atoms with Crippen molar-refractivity contribution >= 4 is 0 Å². The van der Waals surface area contributed by atoms with Crippen LogP contribution in [0.5, 0.6) is 0 Å². The predicted molar refractivity (Wildman–Crippen MR) is 56.3 cm³/mol. The molecule has 2 heterocycles. The molecule has 0 bridgehead atoms. The summed E-state index contributed by atoms with van der Waals surface area (Å²) in [6.07, 6.45) is 4.89. The molecule has 80 valence electrons. The van der Waals surface area contributed by atoms with Crippen LogP contribution in [0.2, 0.25) is 0 Å². The maximum Gasteiger partial charge on any atom is 0.176 e. The first kappa shape index (κ1) is 9.89. The van der Waals surface area contributed by atoms with Crippen LogP contribution in [-0.2, 0) is 13.0 Å². The van der Waals surface area contributed by atoms with Crippen molar-refractivity contribution in [3.05, 3.63) is 30.4 Å². The van der Waals surface area contributed by atoms with Crippen LogP contribution in [0.15, 0.2) is 24.5 Å². The monoisotopic (exact) mass is 205 g/mol. The van der Waals surface area contributed by atoms with Gasteiger partial charge in [0.05, 0.1) is 6.04 Å². The first-order chi connectivity index (χ1) is 7.25. The van der Waals surface area contributed by atoms with Gasteiger partial charge in [-0.1, -0.05) is 0 Å². The lowest BCUT2D eigenvalue weighted by atomic mass is 10.4. The van der Waals surface area contributed by atoms with Gasteiger partial charge in [0.15, 0.2) is 5.82 Å². The summed E-state index contributed by atoms with van der Waals surface area (Å²) >= 11 is 0.